The maximum absolute atomic E-state index is 11.1. The summed E-state index contributed by atoms with van der Waals surface area (Å²) >= 11 is 3.66. The molecule has 1 unspecified atom stereocenters. The molecule has 6 rings (SSSR count). The molecule has 6 heteroatoms. The van der Waals surface area contributed by atoms with Crippen LogP contribution in [0.1, 0.15) is 22.7 Å². The van der Waals surface area contributed by atoms with E-state index in [0.29, 0.717) is 13.3 Å². The van der Waals surface area contributed by atoms with Crippen molar-refractivity contribution in [1.29, 1.82) is 0 Å². The van der Waals surface area contributed by atoms with Gasteiger partial charge in [-0.25, -0.2) is 0 Å². The number of phenolic OH excluding ortho intramolecular Hbond substituents is 2. The van der Waals surface area contributed by atoms with E-state index in [2.05, 4.69) is 38.3 Å². The maximum Gasteiger partial charge on any atom is 0.161 e. The Kier molecular flexibility index (Phi) is 6.10. The molecule has 0 amide bonds. The largest absolute Gasteiger partial charge is 0.508 e. The number of aromatic hydroxyl groups is 2. The smallest absolute Gasteiger partial charge is 0.161 e. The zero-order valence-electron chi connectivity index (χ0n) is 19.9. The van der Waals surface area contributed by atoms with Crippen LogP contribution < -0.4 is 15.0 Å². The predicted molar refractivity (Wildman–Crippen MR) is 151 cm³/mol. The van der Waals surface area contributed by atoms with Gasteiger partial charge in [-0.3, -0.25) is 0 Å². The monoisotopic (exact) mass is 552 g/mol. The van der Waals surface area contributed by atoms with Gasteiger partial charge < -0.3 is 25.2 Å². The Bertz CT molecular complexity index is 1590. The van der Waals surface area contributed by atoms with E-state index in [9.17, 15) is 10.2 Å². The first-order chi connectivity index (χ1) is 18.0. The Morgan fingerprint density at radius 3 is 2.32 bits per heavy atom. The molecular formula is C31H25BrN2O3. The van der Waals surface area contributed by atoms with E-state index >= 15 is 0 Å². The van der Waals surface area contributed by atoms with E-state index in [4.69, 9.17) is 4.74 Å². The second-order valence-corrected chi connectivity index (χ2v) is 10.0. The average molecular weight is 553 g/mol. The van der Waals surface area contributed by atoms with Crippen molar-refractivity contribution in [2.24, 2.45) is 0 Å². The summed E-state index contributed by atoms with van der Waals surface area (Å²) in [6, 6.07) is 32.8. The van der Waals surface area contributed by atoms with Gasteiger partial charge in [-0.1, -0.05) is 42.5 Å². The van der Waals surface area contributed by atoms with Crippen molar-refractivity contribution in [2.75, 3.05) is 16.9 Å². The molecule has 1 atom stereocenters. The van der Waals surface area contributed by atoms with Gasteiger partial charge in [-0.2, -0.15) is 0 Å². The maximum atomic E-state index is 11.1. The van der Waals surface area contributed by atoms with Crippen LogP contribution in [-0.2, 0) is 6.54 Å². The van der Waals surface area contributed by atoms with Crippen LogP contribution in [0.5, 0.6) is 17.2 Å². The molecule has 1 heterocycles. The average Bonchev–Trinajstić information content (AvgIpc) is 2.92. The van der Waals surface area contributed by atoms with Crippen molar-refractivity contribution in [3.05, 3.63) is 124 Å². The number of hydrogen-bond acceptors (Lipinski definition) is 5. The van der Waals surface area contributed by atoms with Crippen molar-refractivity contribution in [3.63, 3.8) is 0 Å². The lowest BCUT2D eigenvalue weighted by atomic mass is 9.93. The lowest BCUT2D eigenvalue weighted by Crippen LogP contribution is -2.32. The summed E-state index contributed by atoms with van der Waals surface area (Å²) in [5.74, 6) is 1.28. The Hall–Kier alpha value is -4.16. The van der Waals surface area contributed by atoms with E-state index in [1.54, 1.807) is 12.1 Å². The standard InChI is InChI=1S/C31H25BrN2O3/c32-27-7-3-4-8-28(27)34-18-23-15-22(9-14-30(23)37-19-34)31(33-24-10-12-25(35)13-11-24)26-16-20-5-1-2-6-21(20)17-29(26)36/h1-17,31,33,35-36H,18-19H2. The van der Waals surface area contributed by atoms with Gasteiger partial charge in [0.1, 0.15) is 17.2 Å². The van der Waals surface area contributed by atoms with Crippen LogP contribution in [0.15, 0.2) is 108 Å². The lowest BCUT2D eigenvalue weighted by molar-refractivity contribution is 0.289. The molecule has 0 spiro atoms. The topological polar surface area (TPSA) is 65.0 Å². The summed E-state index contributed by atoms with van der Waals surface area (Å²) in [5.41, 5.74) is 4.74. The van der Waals surface area contributed by atoms with Crippen LogP contribution in [0.25, 0.3) is 10.8 Å². The summed E-state index contributed by atoms with van der Waals surface area (Å²) in [7, 11) is 0. The fraction of sp³-hybridized carbons (Fsp3) is 0.0968. The molecule has 0 saturated heterocycles. The molecule has 0 aliphatic carbocycles. The van der Waals surface area contributed by atoms with Crippen molar-refractivity contribution < 1.29 is 14.9 Å². The van der Waals surface area contributed by atoms with E-state index in [-0.39, 0.29) is 17.5 Å². The summed E-state index contributed by atoms with van der Waals surface area (Å²) in [4.78, 5) is 2.19. The van der Waals surface area contributed by atoms with Gasteiger partial charge in [0.2, 0.25) is 0 Å². The molecule has 0 aromatic heterocycles. The number of halogens is 1. The van der Waals surface area contributed by atoms with Crippen molar-refractivity contribution in [1.82, 2.24) is 0 Å². The minimum absolute atomic E-state index is 0.203. The molecule has 0 saturated carbocycles. The molecule has 37 heavy (non-hydrogen) atoms. The number of hydrogen-bond donors (Lipinski definition) is 3. The minimum Gasteiger partial charge on any atom is -0.508 e. The second kappa shape index (κ2) is 9.71. The summed E-state index contributed by atoms with van der Waals surface area (Å²) < 4.78 is 7.13. The molecule has 0 fully saturated rings. The van der Waals surface area contributed by atoms with Gasteiger partial charge in [0.05, 0.1) is 11.7 Å². The third-order valence-corrected chi connectivity index (χ3v) is 7.40. The fourth-order valence-corrected chi connectivity index (χ4v) is 5.38. The molecule has 184 valence electrons. The SMILES string of the molecule is Oc1ccc(NC(c2ccc3c(c2)CN(c2ccccc2Br)CO3)c2cc3ccccc3cc2O)cc1. The van der Waals surface area contributed by atoms with Gasteiger partial charge in [0.15, 0.2) is 6.73 Å². The Labute approximate surface area is 223 Å². The van der Waals surface area contributed by atoms with Gasteiger partial charge in [0.25, 0.3) is 0 Å². The summed E-state index contributed by atoms with van der Waals surface area (Å²) in [6.45, 7) is 1.16. The highest BCUT2D eigenvalue weighted by atomic mass is 79.9. The van der Waals surface area contributed by atoms with Gasteiger partial charge >= 0.3 is 0 Å². The van der Waals surface area contributed by atoms with Crippen LogP contribution >= 0.6 is 15.9 Å². The molecule has 0 radical (unpaired) electrons. The zero-order chi connectivity index (χ0) is 25.4. The molecule has 3 N–H and O–H groups in total. The number of ether oxygens (including phenoxy) is 1. The van der Waals surface area contributed by atoms with E-state index < -0.39 is 0 Å². The highest BCUT2D eigenvalue weighted by molar-refractivity contribution is 9.10. The lowest BCUT2D eigenvalue weighted by Gasteiger charge is -2.32. The summed E-state index contributed by atoms with van der Waals surface area (Å²) in [5, 5.41) is 26.5. The minimum atomic E-state index is -0.335. The number of phenols is 2. The number of nitrogens with zero attached hydrogens (tertiary/aromatic N) is 1. The molecule has 1 aliphatic heterocycles. The van der Waals surface area contributed by atoms with E-state index in [1.807, 2.05) is 78.9 Å². The van der Waals surface area contributed by atoms with Crippen molar-refractivity contribution in [3.8, 4) is 17.2 Å². The van der Waals surface area contributed by atoms with E-state index in [0.717, 1.165) is 49.1 Å². The molecule has 0 bridgehead atoms. The number of benzene rings is 5. The number of nitrogens with one attached hydrogen (secondary N) is 1. The van der Waals surface area contributed by atoms with Crippen LogP contribution in [-0.4, -0.2) is 16.9 Å². The third-order valence-electron chi connectivity index (χ3n) is 6.73. The van der Waals surface area contributed by atoms with Crippen LogP contribution in [0.4, 0.5) is 11.4 Å². The Morgan fingerprint density at radius 1 is 0.811 bits per heavy atom. The van der Waals surface area contributed by atoms with Crippen LogP contribution in [0.3, 0.4) is 0 Å². The van der Waals surface area contributed by atoms with Crippen molar-refractivity contribution in [2.45, 2.75) is 12.6 Å². The zero-order valence-corrected chi connectivity index (χ0v) is 21.5. The highest BCUT2D eigenvalue weighted by Crippen LogP contribution is 2.39. The molecule has 5 aromatic rings. The number of rotatable bonds is 5. The van der Waals surface area contributed by atoms with Crippen LogP contribution in [0.2, 0.25) is 0 Å². The third kappa shape index (κ3) is 4.68. The first-order valence-electron chi connectivity index (χ1n) is 12.1. The number of para-hydroxylation sites is 1. The Balaban J connectivity index is 1.42. The molecule has 5 aromatic carbocycles. The number of anilines is 2. The summed E-state index contributed by atoms with van der Waals surface area (Å²) in [6.07, 6.45) is 0. The number of fused-ring (bicyclic) bond motifs is 2. The fourth-order valence-electron chi connectivity index (χ4n) is 4.85. The molecule has 1 aliphatic rings. The van der Waals surface area contributed by atoms with Gasteiger partial charge in [0, 0.05) is 27.8 Å². The van der Waals surface area contributed by atoms with Crippen molar-refractivity contribution >= 4 is 38.1 Å². The first kappa shape index (κ1) is 23.3. The van der Waals surface area contributed by atoms with E-state index in [1.165, 1.54) is 0 Å². The van der Waals surface area contributed by atoms with Gasteiger partial charge in [-0.15, -0.1) is 0 Å². The second-order valence-electron chi connectivity index (χ2n) is 9.17. The predicted octanol–water partition coefficient (Wildman–Crippen LogP) is 7.57. The van der Waals surface area contributed by atoms with Gasteiger partial charge in [-0.05, 0) is 92.9 Å². The first-order valence-corrected chi connectivity index (χ1v) is 12.9. The normalized spacial score (nSPS) is 13.6. The van der Waals surface area contributed by atoms with Crippen LogP contribution in [0, 0.1) is 0 Å². The molecule has 5 nitrogen and oxygen atoms in total. The Morgan fingerprint density at radius 2 is 1.54 bits per heavy atom. The quantitative estimate of drug-likeness (QED) is 0.196. The highest BCUT2D eigenvalue weighted by Gasteiger charge is 2.24. The molecular weight excluding hydrogens is 528 g/mol.